The fraction of sp³-hybridized carbons (Fsp3) is 0.222. The Labute approximate surface area is 140 Å². The number of carbonyl (C=O) groups excluding carboxylic acids is 1. The molecule has 2 aromatic rings. The molecular weight excluding hydrogens is 306 g/mol. The van der Waals surface area contributed by atoms with Crippen LogP contribution >= 0.6 is 0 Å². The predicted octanol–water partition coefficient (Wildman–Crippen LogP) is 2.83. The van der Waals surface area contributed by atoms with E-state index in [1.54, 1.807) is 25.1 Å². The molecule has 6 heteroatoms. The number of alkyl carbamates (subject to hydrolysis) is 1. The molecular formula is C18H19N3O3. The van der Waals surface area contributed by atoms with E-state index in [2.05, 4.69) is 5.32 Å². The zero-order valence-electron chi connectivity index (χ0n) is 13.4. The summed E-state index contributed by atoms with van der Waals surface area (Å²) < 4.78 is 10.7. The molecule has 24 heavy (non-hydrogen) atoms. The second-order valence-corrected chi connectivity index (χ2v) is 5.20. The van der Waals surface area contributed by atoms with Gasteiger partial charge in [0.05, 0.1) is 5.69 Å². The Balaban J connectivity index is 1.79. The standard InChI is InChI=1S/C18H19N3O3/c1-13(12-23-17-9-5-8-16(20)15(17)10-19)24-18(22)21-11-14-6-3-2-4-7-14/h2-9,13H,11-12,20H2,1H3,(H,21,22)/t13-/m1/s1. The van der Waals surface area contributed by atoms with Crippen LogP contribution in [-0.4, -0.2) is 18.8 Å². The highest BCUT2D eigenvalue weighted by Crippen LogP contribution is 2.23. The molecule has 1 atom stereocenters. The second kappa shape index (κ2) is 8.44. The number of hydrogen-bond acceptors (Lipinski definition) is 5. The third-order valence-electron chi connectivity index (χ3n) is 3.23. The van der Waals surface area contributed by atoms with Crippen molar-refractivity contribution in [2.45, 2.75) is 19.6 Å². The third-order valence-corrected chi connectivity index (χ3v) is 3.23. The molecule has 2 rings (SSSR count). The number of carbonyl (C=O) groups is 1. The number of nitrogens with one attached hydrogen (secondary N) is 1. The lowest BCUT2D eigenvalue weighted by Gasteiger charge is -2.16. The average molecular weight is 325 g/mol. The minimum Gasteiger partial charge on any atom is -0.488 e. The van der Waals surface area contributed by atoms with Crippen molar-refractivity contribution >= 4 is 11.8 Å². The number of amides is 1. The minimum absolute atomic E-state index is 0.122. The molecule has 0 saturated heterocycles. The van der Waals surface area contributed by atoms with E-state index in [0.29, 0.717) is 18.0 Å². The van der Waals surface area contributed by atoms with Crippen LogP contribution in [0.15, 0.2) is 48.5 Å². The predicted molar refractivity (Wildman–Crippen MR) is 90.3 cm³/mol. The third kappa shape index (κ3) is 4.92. The molecule has 0 bridgehead atoms. The van der Waals surface area contributed by atoms with Crippen LogP contribution in [0.4, 0.5) is 10.5 Å². The van der Waals surface area contributed by atoms with E-state index in [4.69, 9.17) is 20.5 Å². The van der Waals surface area contributed by atoms with E-state index in [-0.39, 0.29) is 12.2 Å². The lowest BCUT2D eigenvalue weighted by Crippen LogP contribution is -2.30. The van der Waals surface area contributed by atoms with Gasteiger partial charge in [0.15, 0.2) is 0 Å². The van der Waals surface area contributed by atoms with Crippen molar-refractivity contribution in [2.24, 2.45) is 0 Å². The van der Waals surface area contributed by atoms with Gasteiger partial charge in [0.25, 0.3) is 0 Å². The van der Waals surface area contributed by atoms with Gasteiger partial charge in [0.2, 0.25) is 0 Å². The highest BCUT2D eigenvalue weighted by Gasteiger charge is 2.12. The summed E-state index contributed by atoms with van der Waals surface area (Å²) in [5.41, 5.74) is 7.33. The van der Waals surface area contributed by atoms with Crippen molar-refractivity contribution < 1.29 is 14.3 Å². The molecule has 0 saturated carbocycles. The van der Waals surface area contributed by atoms with Crippen LogP contribution in [0.3, 0.4) is 0 Å². The molecule has 6 nitrogen and oxygen atoms in total. The Morgan fingerprint density at radius 3 is 2.71 bits per heavy atom. The van der Waals surface area contributed by atoms with Gasteiger partial charge in [-0.05, 0) is 24.6 Å². The molecule has 124 valence electrons. The van der Waals surface area contributed by atoms with Gasteiger partial charge in [0, 0.05) is 6.54 Å². The first-order chi connectivity index (χ1) is 11.6. The van der Waals surface area contributed by atoms with Crippen molar-refractivity contribution in [1.82, 2.24) is 5.32 Å². The monoisotopic (exact) mass is 325 g/mol. The molecule has 0 aliphatic carbocycles. The number of hydrogen-bond donors (Lipinski definition) is 2. The summed E-state index contributed by atoms with van der Waals surface area (Å²) in [6, 6.07) is 16.5. The fourth-order valence-electron chi connectivity index (χ4n) is 2.02. The largest absolute Gasteiger partial charge is 0.488 e. The van der Waals surface area contributed by atoms with Crippen molar-refractivity contribution in [3.8, 4) is 11.8 Å². The normalized spacial score (nSPS) is 11.2. The molecule has 3 N–H and O–H groups in total. The molecule has 0 radical (unpaired) electrons. The summed E-state index contributed by atoms with van der Waals surface area (Å²) in [7, 11) is 0. The van der Waals surface area contributed by atoms with Gasteiger partial charge in [-0.25, -0.2) is 4.79 Å². The van der Waals surface area contributed by atoms with Crippen LogP contribution in [0.1, 0.15) is 18.1 Å². The van der Waals surface area contributed by atoms with Crippen molar-refractivity contribution in [2.75, 3.05) is 12.3 Å². The molecule has 0 aliphatic heterocycles. The van der Waals surface area contributed by atoms with Gasteiger partial charge in [-0.15, -0.1) is 0 Å². The number of nitrogens with two attached hydrogens (primary N) is 1. The van der Waals surface area contributed by atoms with Crippen LogP contribution in [0, 0.1) is 11.3 Å². The molecule has 2 aromatic carbocycles. The number of nitrogens with zero attached hydrogens (tertiary/aromatic N) is 1. The van der Waals surface area contributed by atoms with Crippen LogP contribution in [0.2, 0.25) is 0 Å². The van der Waals surface area contributed by atoms with Gasteiger partial charge in [-0.3, -0.25) is 0 Å². The van der Waals surface area contributed by atoms with Crippen LogP contribution in [0.25, 0.3) is 0 Å². The molecule has 0 heterocycles. The Morgan fingerprint density at radius 2 is 2.00 bits per heavy atom. The fourth-order valence-corrected chi connectivity index (χ4v) is 2.02. The highest BCUT2D eigenvalue weighted by molar-refractivity contribution is 5.67. The minimum atomic E-state index is -0.525. The van der Waals surface area contributed by atoms with Gasteiger partial charge in [0.1, 0.15) is 30.1 Å². The lowest BCUT2D eigenvalue weighted by atomic mass is 10.2. The Bertz CT molecular complexity index is 726. The maximum absolute atomic E-state index is 11.8. The lowest BCUT2D eigenvalue weighted by molar-refractivity contribution is 0.0750. The Hall–Kier alpha value is -3.20. The maximum atomic E-state index is 11.8. The first-order valence-electron chi connectivity index (χ1n) is 7.50. The number of nitrogen functional groups attached to an aromatic ring is 1. The van der Waals surface area contributed by atoms with Crippen molar-refractivity contribution in [3.05, 3.63) is 59.7 Å². The number of benzene rings is 2. The molecule has 0 fully saturated rings. The van der Waals surface area contributed by atoms with Crippen molar-refractivity contribution in [3.63, 3.8) is 0 Å². The summed E-state index contributed by atoms with van der Waals surface area (Å²) in [6.07, 6.45) is -1.00. The van der Waals surface area contributed by atoms with Gasteiger partial charge < -0.3 is 20.5 Å². The molecule has 0 aliphatic rings. The summed E-state index contributed by atoms with van der Waals surface area (Å²) in [4.78, 5) is 11.8. The van der Waals surface area contributed by atoms with E-state index < -0.39 is 12.2 Å². The smallest absolute Gasteiger partial charge is 0.407 e. The first-order valence-corrected chi connectivity index (χ1v) is 7.50. The SMILES string of the molecule is C[C@H](COc1cccc(N)c1C#N)OC(=O)NCc1ccccc1. The highest BCUT2D eigenvalue weighted by atomic mass is 16.6. The number of rotatable bonds is 6. The molecule has 0 unspecified atom stereocenters. The molecule has 0 aromatic heterocycles. The van der Waals surface area contributed by atoms with E-state index in [9.17, 15) is 4.79 Å². The van der Waals surface area contributed by atoms with Gasteiger partial charge in [-0.2, -0.15) is 5.26 Å². The molecule has 1 amide bonds. The van der Waals surface area contributed by atoms with E-state index in [0.717, 1.165) is 5.56 Å². The van der Waals surface area contributed by atoms with Crippen LogP contribution in [-0.2, 0) is 11.3 Å². The summed E-state index contributed by atoms with van der Waals surface area (Å²) in [6.45, 7) is 2.22. The Kier molecular flexibility index (Phi) is 6.03. The summed E-state index contributed by atoms with van der Waals surface area (Å²) in [5.74, 6) is 0.373. The number of nitriles is 1. The summed E-state index contributed by atoms with van der Waals surface area (Å²) in [5, 5.41) is 11.8. The molecule has 0 spiro atoms. The van der Waals surface area contributed by atoms with Crippen LogP contribution in [0.5, 0.6) is 5.75 Å². The average Bonchev–Trinajstić information content (AvgIpc) is 2.59. The quantitative estimate of drug-likeness (QED) is 0.796. The Morgan fingerprint density at radius 1 is 1.25 bits per heavy atom. The van der Waals surface area contributed by atoms with Gasteiger partial charge in [-0.1, -0.05) is 36.4 Å². The van der Waals surface area contributed by atoms with Gasteiger partial charge >= 0.3 is 6.09 Å². The second-order valence-electron chi connectivity index (χ2n) is 5.20. The van der Waals surface area contributed by atoms with Crippen LogP contribution < -0.4 is 15.8 Å². The van der Waals surface area contributed by atoms with Crippen molar-refractivity contribution in [1.29, 1.82) is 5.26 Å². The van der Waals surface area contributed by atoms with E-state index >= 15 is 0 Å². The first kappa shape index (κ1) is 17.2. The van der Waals surface area contributed by atoms with E-state index in [1.165, 1.54) is 0 Å². The topological polar surface area (TPSA) is 97.4 Å². The number of anilines is 1. The zero-order valence-corrected chi connectivity index (χ0v) is 13.4. The number of ether oxygens (including phenoxy) is 2. The van der Waals surface area contributed by atoms with E-state index in [1.807, 2.05) is 36.4 Å². The maximum Gasteiger partial charge on any atom is 0.407 e. The summed E-state index contributed by atoms with van der Waals surface area (Å²) >= 11 is 0. The zero-order chi connectivity index (χ0) is 17.4.